The molecule has 1 aromatic carbocycles. The van der Waals surface area contributed by atoms with E-state index >= 15 is 0 Å². The van der Waals surface area contributed by atoms with Crippen LogP contribution in [0.1, 0.15) is 5.56 Å². The van der Waals surface area contributed by atoms with Gasteiger partial charge in [0.05, 0.1) is 7.11 Å². The minimum absolute atomic E-state index is 0.0608. The molecule has 0 fully saturated rings. The molecule has 20 heavy (non-hydrogen) atoms. The van der Waals surface area contributed by atoms with E-state index in [0.717, 1.165) is 0 Å². The van der Waals surface area contributed by atoms with Crippen LogP contribution in [0.15, 0.2) is 29.4 Å². The number of oxime groups is 1. The molecule has 0 amide bonds. The highest BCUT2D eigenvalue weighted by Gasteiger charge is 2.49. The highest BCUT2D eigenvalue weighted by molar-refractivity contribution is 7.87. The number of halogens is 4. The molecule has 0 radical (unpaired) electrons. The van der Waals surface area contributed by atoms with E-state index in [-0.39, 0.29) is 5.56 Å². The Kier molecular flexibility index (Phi) is 4.93. The molecular weight excluding hydrogens is 306 g/mol. The van der Waals surface area contributed by atoms with E-state index in [0.29, 0.717) is 5.75 Å². The minimum atomic E-state index is -5.90. The first kappa shape index (κ1) is 16.2. The summed E-state index contributed by atoms with van der Waals surface area (Å²) in [7, 11) is -4.52. The van der Waals surface area contributed by atoms with E-state index in [1.165, 1.54) is 31.4 Å². The van der Waals surface area contributed by atoms with Gasteiger partial charge in [0.2, 0.25) is 0 Å². The number of alkyl halides is 4. The van der Waals surface area contributed by atoms with Crippen LogP contribution < -0.4 is 4.74 Å². The van der Waals surface area contributed by atoms with Crippen LogP contribution in [0.2, 0.25) is 0 Å². The fourth-order valence-corrected chi connectivity index (χ4v) is 1.35. The van der Waals surface area contributed by atoms with E-state index < -0.39 is 28.0 Å². The Bertz CT molecular complexity index is 580. The summed E-state index contributed by atoms with van der Waals surface area (Å²) in [6, 6.07) is 5.39. The molecule has 0 saturated heterocycles. The summed E-state index contributed by atoms with van der Waals surface area (Å²) in [4.78, 5) is 0. The van der Waals surface area contributed by atoms with Gasteiger partial charge in [-0.25, -0.2) is 4.39 Å². The Labute approximate surface area is 111 Å². The average molecular weight is 315 g/mol. The Morgan fingerprint density at radius 1 is 1.25 bits per heavy atom. The molecule has 0 aliphatic heterocycles. The van der Waals surface area contributed by atoms with Gasteiger partial charge in [-0.3, -0.25) is 4.28 Å². The largest absolute Gasteiger partial charge is 0.536 e. The highest BCUT2D eigenvalue weighted by Crippen LogP contribution is 2.25. The van der Waals surface area contributed by atoms with Gasteiger partial charge in [-0.05, 0) is 24.3 Å². The van der Waals surface area contributed by atoms with Crippen molar-refractivity contribution in [2.24, 2.45) is 5.16 Å². The standard InChI is InChI=1S/C10H9F4NO4S/c1-18-8-4-2-7(3-5-8)9(6-11)15-19-20(16,17)10(12,13)14/h2-5H,6H2,1H3/b15-9+. The molecule has 0 aromatic heterocycles. The van der Waals surface area contributed by atoms with Crippen LogP contribution in [0.3, 0.4) is 0 Å². The highest BCUT2D eigenvalue weighted by atomic mass is 32.2. The van der Waals surface area contributed by atoms with E-state index in [4.69, 9.17) is 4.74 Å². The number of nitrogens with zero attached hydrogens (tertiary/aromatic N) is 1. The van der Waals surface area contributed by atoms with Crippen molar-refractivity contribution in [2.75, 3.05) is 13.8 Å². The van der Waals surface area contributed by atoms with Crippen LogP contribution in [0.4, 0.5) is 17.6 Å². The SMILES string of the molecule is COc1ccc(/C(CF)=N/OS(=O)(=O)C(F)(F)F)cc1. The van der Waals surface area contributed by atoms with E-state index in [2.05, 4.69) is 9.44 Å². The minimum Gasteiger partial charge on any atom is -0.497 e. The first-order valence-corrected chi connectivity index (χ1v) is 6.39. The predicted molar refractivity (Wildman–Crippen MR) is 61.6 cm³/mol. The van der Waals surface area contributed by atoms with E-state index in [1.807, 2.05) is 0 Å². The van der Waals surface area contributed by atoms with E-state index in [9.17, 15) is 26.0 Å². The molecule has 10 heteroatoms. The maximum atomic E-state index is 12.7. The molecule has 0 spiro atoms. The van der Waals surface area contributed by atoms with Gasteiger partial charge in [-0.1, -0.05) is 5.16 Å². The molecule has 0 aliphatic rings. The molecule has 0 unspecified atom stereocenters. The summed E-state index contributed by atoms with van der Waals surface area (Å²) in [5, 5.41) is 2.70. The molecule has 0 aliphatic carbocycles. The molecule has 0 saturated carbocycles. The van der Waals surface area contributed by atoms with Crippen molar-refractivity contribution < 1.29 is 35.0 Å². The fourth-order valence-electron chi connectivity index (χ4n) is 1.07. The Morgan fingerprint density at radius 3 is 2.20 bits per heavy atom. The maximum absolute atomic E-state index is 12.7. The van der Waals surface area contributed by atoms with Crippen molar-refractivity contribution in [1.82, 2.24) is 0 Å². The van der Waals surface area contributed by atoms with Gasteiger partial charge in [0.25, 0.3) is 0 Å². The summed E-state index contributed by atoms with van der Waals surface area (Å²) >= 11 is 0. The van der Waals surface area contributed by atoms with Gasteiger partial charge < -0.3 is 4.74 Å². The Morgan fingerprint density at radius 2 is 1.80 bits per heavy atom. The number of hydrogen-bond donors (Lipinski definition) is 0. The smallest absolute Gasteiger partial charge is 0.497 e. The van der Waals surface area contributed by atoms with Crippen molar-refractivity contribution >= 4 is 15.8 Å². The molecule has 1 aromatic rings. The summed E-state index contributed by atoms with van der Waals surface area (Å²) in [6.45, 7) is -1.31. The lowest BCUT2D eigenvalue weighted by molar-refractivity contribution is -0.0541. The Balaban J connectivity index is 2.98. The average Bonchev–Trinajstić information content (AvgIpc) is 2.38. The second-order valence-electron chi connectivity index (χ2n) is 3.37. The first-order chi connectivity index (χ1) is 9.21. The van der Waals surface area contributed by atoms with Crippen LogP contribution in [0, 0.1) is 0 Å². The van der Waals surface area contributed by atoms with Gasteiger partial charge in [-0.15, -0.1) is 0 Å². The zero-order valence-electron chi connectivity index (χ0n) is 10.0. The lowest BCUT2D eigenvalue weighted by Crippen LogP contribution is -2.24. The number of rotatable bonds is 5. The summed E-state index contributed by atoms with van der Waals surface area (Å²) in [5.74, 6) is 0.427. The van der Waals surface area contributed by atoms with Gasteiger partial charge in [-0.2, -0.15) is 21.6 Å². The van der Waals surface area contributed by atoms with Crippen LogP contribution >= 0.6 is 0 Å². The van der Waals surface area contributed by atoms with Gasteiger partial charge in [0.1, 0.15) is 18.1 Å². The van der Waals surface area contributed by atoms with Gasteiger partial charge >= 0.3 is 15.6 Å². The van der Waals surface area contributed by atoms with Gasteiger partial charge in [0, 0.05) is 5.56 Å². The lowest BCUT2D eigenvalue weighted by Gasteiger charge is -2.07. The summed E-state index contributed by atoms with van der Waals surface area (Å²) < 4.78 is 78.1. The monoisotopic (exact) mass is 315 g/mol. The topological polar surface area (TPSA) is 65.0 Å². The van der Waals surface area contributed by atoms with Crippen LogP contribution in [-0.2, 0) is 14.4 Å². The third-order valence-electron chi connectivity index (χ3n) is 2.08. The van der Waals surface area contributed by atoms with Crippen LogP contribution in [0.25, 0.3) is 0 Å². The fraction of sp³-hybridized carbons (Fsp3) is 0.300. The molecule has 0 atom stereocenters. The number of methoxy groups -OCH3 is 1. The molecule has 0 N–H and O–H groups in total. The first-order valence-electron chi connectivity index (χ1n) is 4.98. The molecule has 0 bridgehead atoms. The zero-order chi connectivity index (χ0) is 15.4. The third-order valence-corrected chi connectivity index (χ3v) is 2.92. The van der Waals surface area contributed by atoms with Crippen LogP contribution in [0.5, 0.6) is 5.75 Å². The van der Waals surface area contributed by atoms with Crippen molar-refractivity contribution in [1.29, 1.82) is 0 Å². The van der Waals surface area contributed by atoms with Gasteiger partial charge in [0.15, 0.2) is 0 Å². The number of ether oxygens (including phenoxy) is 1. The molecule has 0 heterocycles. The van der Waals surface area contributed by atoms with Crippen molar-refractivity contribution in [3.8, 4) is 5.75 Å². The van der Waals surface area contributed by atoms with Crippen molar-refractivity contribution in [3.05, 3.63) is 29.8 Å². The molecule has 1 rings (SSSR count). The zero-order valence-corrected chi connectivity index (χ0v) is 10.8. The van der Waals surface area contributed by atoms with Crippen molar-refractivity contribution in [2.45, 2.75) is 5.51 Å². The second-order valence-corrected chi connectivity index (χ2v) is 4.89. The van der Waals surface area contributed by atoms with Crippen molar-refractivity contribution in [3.63, 3.8) is 0 Å². The second kappa shape index (κ2) is 6.07. The third kappa shape index (κ3) is 3.83. The maximum Gasteiger partial charge on any atom is 0.536 e. The number of hydrogen-bond acceptors (Lipinski definition) is 5. The van der Waals surface area contributed by atoms with Crippen LogP contribution in [-0.4, -0.2) is 33.4 Å². The Hall–Kier alpha value is -1.84. The normalized spacial score (nSPS) is 13.2. The molecule has 5 nitrogen and oxygen atoms in total. The summed E-state index contributed by atoms with van der Waals surface area (Å²) in [6.07, 6.45) is 0. The molecule has 112 valence electrons. The quantitative estimate of drug-likeness (QED) is 0.362. The summed E-state index contributed by atoms with van der Waals surface area (Å²) in [5.41, 5.74) is -6.16. The number of benzene rings is 1. The lowest BCUT2D eigenvalue weighted by atomic mass is 10.1. The van der Waals surface area contributed by atoms with E-state index in [1.54, 1.807) is 0 Å². The predicted octanol–water partition coefficient (Wildman–Crippen LogP) is 2.24. The molecular formula is C10H9F4NO4S.